The standard InChI is InChI=1S/C16H29N3O2/c1-3-6-16(14-17,7-4-2)15(21)19-9-5-8-18(10-11-19)12-13-20/h20H,3-13H2,1-2H3. The van der Waals surface area contributed by atoms with Gasteiger partial charge in [0.05, 0.1) is 12.7 Å². The van der Waals surface area contributed by atoms with Gasteiger partial charge in [0, 0.05) is 26.2 Å². The summed E-state index contributed by atoms with van der Waals surface area (Å²) in [5.41, 5.74) is -0.838. The molecule has 0 bridgehead atoms. The highest BCUT2D eigenvalue weighted by atomic mass is 16.3. The summed E-state index contributed by atoms with van der Waals surface area (Å²) < 4.78 is 0. The van der Waals surface area contributed by atoms with Crippen LogP contribution in [0.15, 0.2) is 0 Å². The van der Waals surface area contributed by atoms with E-state index in [0.29, 0.717) is 25.9 Å². The number of amides is 1. The zero-order chi connectivity index (χ0) is 15.7. The smallest absolute Gasteiger partial charge is 0.243 e. The molecule has 1 saturated heterocycles. The van der Waals surface area contributed by atoms with Gasteiger partial charge in [0.15, 0.2) is 0 Å². The fourth-order valence-electron chi connectivity index (χ4n) is 3.19. The highest BCUT2D eigenvalue weighted by molar-refractivity contribution is 5.85. The number of rotatable bonds is 7. The van der Waals surface area contributed by atoms with Crippen molar-refractivity contribution in [3.63, 3.8) is 0 Å². The number of aliphatic hydroxyl groups is 1. The van der Waals surface area contributed by atoms with E-state index in [1.165, 1.54) is 0 Å². The first-order valence-corrected chi connectivity index (χ1v) is 8.17. The molecule has 1 aliphatic heterocycles. The molecule has 120 valence electrons. The molecule has 0 radical (unpaired) electrons. The number of carbonyl (C=O) groups is 1. The van der Waals surface area contributed by atoms with Gasteiger partial charge in [-0.3, -0.25) is 9.69 Å². The Hall–Kier alpha value is -1.12. The first kappa shape index (κ1) is 17.9. The van der Waals surface area contributed by atoms with Gasteiger partial charge in [-0.25, -0.2) is 0 Å². The predicted molar refractivity (Wildman–Crippen MR) is 82.6 cm³/mol. The van der Waals surface area contributed by atoms with Gasteiger partial charge >= 0.3 is 0 Å². The van der Waals surface area contributed by atoms with Crippen LogP contribution in [0.4, 0.5) is 0 Å². The minimum Gasteiger partial charge on any atom is -0.395 e. The van der Waals surface area contributed by atoms with Gasteiger partial charge in [0.25, 0.3) is 0 Å². The van der Waals surface area contributed by atoms with Crippen molar-refractivity contribution in [2.24, 2.45) is 5.41 Å². The summed E-state index contributed by atoms with van der Waals surface area (Å²) in [6.45, 7) is 7.95. The summed E-state index contributed by atoms with van der Waals surface area (Å²) >= 11 is 0. The Kier molecular flexibility index (Phi) is 7.69. The zero-order valence-electron chi connectivity index (χ0n) is 13.5. The number of hydrogen-bond acceptors (Lipinski definition) is 4. The van der Waals surface area contributed by atoms with E-state index >= 15 is 0 Å². The van der Waals surface area contributed by atoms with Crippen molar-refractivity contribution < 1.29 is 9.90 Å². The fourth-order valence-corrected chi connectivity index (χ4v) is 3.19. The molecule has 0 unspecified atom stereocenters. The Bertz CT molecular complexity index is 359. The average molecular weight is 295 g/mol. The summed E-state index contributed by atoms with van der Waals surface area (Å²) in [6.07, 6.45) is 3.90. The van der Waals surface area contributed by atoms with E-state index in [1.807, 2.05) is 18.7 Å². The van der Waals surface area contributed by atoms with Gasteiger partial charge in [-0.15, -0.1) is 0 Å². The van der Waals surface area contributed by atoms with Crippen LogP contribution in [0.1, 0.15) is 46.0 Å². The Morgan fingerprint density at radius 1 is 1.19 bits per heavy atom. The van der Waals surface area contributed by atoms with Crippen LogP contribution in [0.25, 0.3) is 0 Å². The molecule has 21 heavy (non-hydrogen) atoms. The monoisotopic (exact) mass is 295 g/mol. The van der Waals surface area contributed by atoms with Crippen LogP contribution >= 0.6 is 0 Å². The lowest BCUT2D eigenvalue weighted by atomic mass is 9.79. The van der Waals surface area contributed by atoms with Gasteiger partial charge in [0.1, 0.15) is 5.41 Å². The number of nitrogens with zero attached hydrogens (tertiary/aromatic N) is 3. The quantitative estimate of drug-likeness (QED) is 0.775. The lowest BCUT2D eigenvalue weighted by Crippen LogP contribution is -2.45. The largest absolute Gasteiger partial charge is 0.395 e. The third kappa shape index (κ3) is 4.69. The molecule has 1 N–H and O–H groups in total. The van der Waals surface area contributed by atoms with Crippen molar-refractivity contribution in [3.05, 3.63) is 0 Å². The van der Waals surface area contributed by atoms with Gasteiger partial charge in [-0.1, -0.05) is 26.7 Å². The molecule has 5 nitrogen and oxygen atoms in total. The molecule has 1 rings (SSSR count). The maximum atomic E-state index is 12.9. The summed E-state index contributed by atoms with van der Waals surface area (Å²) in [7, 11) is 0. The van der Waals surface area contributed by atoms with Crippen molar-refractivity contribution in [2.75, 3.05) is 39.3 Å². The highest BCUT2D eigenvalue weighted by Crippen LogP contribution is 2.32. The highest BCUT2D eigenvalue weighted by Gasteiger charge is 2.40. The zero-order valence-corrected chi connectivity index (χ0v) is 13.5. The Labute approximate surface area is 128 Å². The van der Waals surface area contributed by atoms with E-state index in [0.717, 1.165) is 38.9 Å². The normalized spacial score (nSPS) is 17.3. The fraction of sp³-hybridized carbons (Fsp3) is 0.875. The van der Waals surface area contributed by atoms with Crippen LogP contribution in [0.3, 0.4) is 0 Å². The molecule has 0 aromatic carbocycles. The van der Waals surface area contributed by atoms with Gasteiger partial charge in [-0.05, 0) is 25.8 Å². The molecular formula is C16H29N3O2. The lowest BCUT2D eigenvalue weighted by Gasteiger charge is -2.31. The van der Waals surface area contributed by atoms with Crippen LogP contribution in [0.2, 0.25) is 0 Å². The third-order valence-electron chi connectivity index (χ3n) is 4.27. The van der Waals surface area contributed by atoms with Crippen molar-refractivity contribution in [2.45, 2.75) is 46.0 Å². The molecule has 1 aliphatic rings. The van der Waals surface area contributed by atoms with Crippen LogP contribution in [0, 0.1) is 16.7 Å². The Morgan fingerprint density at radius 2 is 1.86 bits per heavy atom. The van der Waals surface area contributed by atoms with Crippen LogP contribution in [0.5, 0.6) is 0 Å². The van der Waals surface area contributed by atoms with Crippen molar-refractivity contribution in [1.82, 2.24) is 9.80 Å². The molecule has 1 amide bonds. The summed E-state index contributed by atoms with van der Waals surface area (Å²) in [5, 5.41) is 18.6. The number of hydrogen-bond donors (Lipinski definition) is 1. The summed E-state index contributed by atoms with van der Waals surface area (Å²) in [6, 6.07) is 2.33. The topological polar surface area (TPSA) is 67.6 Å². The van der Waals surface area contributed by atoms with Crippen LogP contribution < -0.4 is 0 Å². The second kappa shape index (κ2) is 9.01. The first-order valence-electron chi connectivity index (χ1n) is 8.17. The van der Waals surface area contributed by atoms with Crippen molar-refractivity contribution >= 4 is 5.91 Å². The molecule has 1 heterocycles. The van der Waals surface area contributed by atoms with Crippen LogP contribution in [-0.2, 0) is 4.79 Å². The molecule has 0 spiro atoms. The van der Waals surface area contributed by atoms with E-state index in [4.69, 9.17) is 5.11 Å². The number of aliphatic hydroxyl groups excluding tert-OH is 1. The third-order valence-corrected chi connectivity index (χ3v) is 4.27. The van der Waals surface area contributed by atoms with Crippen molar-refractivity contribution in [3.8, 4) is 6.07 Å². The van der Waals surface area contributed by atoms with Gasteiger partial charge in [0.2, 0.25) is 5.91 Å². The minimum atomic E-state index is -0.838. The molecule has 0 saturated carbocycles. The number of nitriles is 1. The van der Waals surface area contributed by atoms with E-state index < -0.39 is 5.41 Å². The second-order valence-electron chi connectivity index (χ2n) is 5.90. The van der Waals surface area contributed by atoms with E-state index in [-0.39, 0.29) is 12.5 Å². The number of carbonyl (C=O) groups excluding carboxylic acids is 1. The van der Waals surface area contributed by atoms with Gasteiger partial charge in [-0.2, -0.15) is 5.26 Å². The predicted octanol–water partition coefficient (Wildman–Crippen LogP) is 1.62. The summed E-state index contributed by atoms with van der Waals surface area (Å²) in [5.74, 6) is 0.0135. The molecular weight excluding hydrogens is 266 g/mol. The molecule has 0 aliphatic carbocycles. The van der Waals surface area contributed by atoms with Crippen molar-refractivity contribution in [1.29, 1.82) is 5.26 Å². The number of β-amino-alcohol motifs (C(OH)–C–C–N with tert-alkyl or cyclic N) is 1. The first-order chi connectivity index (χ1) is 10.1. The maximum absolute atomic E-state index is 12.9. The molecule has 0 atom stereocenters. The van der Waals surface area contributed by atoms with E-state index in [2.05, 4.69) is 11.0 Å². The van der Waals surface area contributed by atoms with Crippen LogP contribution in [-0.4, -0.2) is 60.1 Å². The second-order valence-corrected chi connectivity index (χ2v) is 5.90. The molecule has 0 aromatic heterocycles. The SMILES string of the molecule is CCCC(C#N)(CCC)C(=O)N1CCCN(CCO)CC1. The molecule has 0 aromatic rings. The summed E-state index contributed by atoms with van der Waals surface area (Å²) in [4.78, 5) is 16.9. The van der Waals surface area contributed by atoms with E-state index in [1.54, 1.807) is 0 Å². The molecule has 5 heteroatoms. The minimum absolute atomic E-state index is 0.0135. The lowest BCUT2D eigenvalue weighted by molar-refractivity contribution is -0.139. The van der Waals surface area contributed by atoms with E-state index in [9.17, 15) is 10.1 Å². The maximum Gasteiger partial charge on any atom is 0.243 e. The molecule has 1 fully saturated rings. The van der Waals surface area contributed by atoms with Gasteiger partial charge < -0.3 is 10.0 Å². The average Bonchev–Trinajstić information content (AvgIpc) is 2.72. The Morgan fingerprint density at radius 3 is 2.38 bits per heavy atom. The Balaban J connectivity index is 2.77.